The third-order valence-corrected chi connectivity index (χ3v) is 0.567. The molecule has 0 N–H and O–H groups in total. The maximum atomic E-state index is 10.6. The van der Waals surface area contributed by atoms with Crippen LogP contribution in [0.25, 0.3) is 0 Å². The molecular formula is CHF3NaO2S-. The van der Waals surface area contributed by atoms with Crippen molar-refractivity contribution in [2.24, 2.45) is 0 Å². The molecule has 46 valence electrons. The number of rotatable bonds is 0. The minimum atomic E-state index is -5.08. The van der Waals surface area contributed by atoms with E-state index in [-0.39, 0.29) is 31.0 Å². The molecule has 0 bridgehead atoms. The van der Waals surface area contributed by atoms with Crippen molar-refractivity contribution in [3.8, 4) is 0 Å². The first-order chi connectivity index (χ1) is 2.94. The van der Waals surface area contributed by atoms with Crippen LogP contribution in [0.15, 0.2) is 0 Å². The normalized spacial score (nSPS) is 14.5. The standard InChI is InChI=1S/CHF3O2S.Na.H/c2-1(3,4)7(5)6;;/h(H,5,6);;/q;+1;-1/p-1. The van der Waals surface area contributed by atoms with Gasteiger partial charge < -0.3 is 5.98 Å². The molecule has 7 heteroatoms. The molecule has 0 rings (SSSR count). The van der Waals surface area contributed by atoms with Gasteiger partial charge >= 0.3 is 35.1 Å². The Morgan fingerprint density at radius 1 is 1.50 bits per heavy atom. The summed E-state index contributed by atoms with van der Waals surface area (Å²) in [6, 6.07) is 0. The Morgan fingerprint density at radius 3 is 1.62 bits per heavy atom. The van der Waals surface area contributed by atoms with E-state index in [1.807, 2.05) is 0 Å². The van der Waals surface area contributed by atoms with Crippen LogP contribution in [0.4, 0.5) is 13.2 Å². The van der Waals surface area contributed by atoms with E-state index < -0.39 is 16.6 Å². The van der Waals surface area contributed by atoms with Gasteiger partial charge in [-0.2, -0.15) is 13.2 Å². The average Bonchev–Trinajstić information content (AvgIpc) is 1.31. The summed E-state index contributed by atoms with van der Waals surface area (Å²) < 4.78 is 49.5. The van der Waals surface area contributed by atoms with Crippen LogP contribution in [0.2, 0.25) is 0 Å². The smallest absolute Gasteiger partial charge is 1.00 e. The first kappa shape index (κ1) is 11.7. The van der Waals surface area contributed by atoms with Crippen LogP contribution in [0.1, 0.15) is 1.43 Å². The summed E-state index contributed by atoms with van der Waals surface area (Å²) in [5, 5.41) is 0. The maximum absolute atomic E-state index is 10.6. The van der Waals surface area contributed by atoms with Crippen molar-refractivity contribution >= 4 is 11.1 Å². The fourth-order valence-electron chi connectivity index (χ4n) is 0. The van der Waals surface area contributed by atoms with Gasteiger partial charge in [0.1, 0.15) is 0 Å². The molecule has 0 aliphatic heterocycles. The van der Waals surface area contributed by atoms with Crippen LogP contribution in [0.5, 0.6) is 0 Å². The SMILES string of the molecule is O=S([O-])C(F)(F)F.[H-].[Na+]. The largest absolute Gasteiger partial charge is 1.00 e. The van der Waals surface area contributed by atoms with E-state index in [2.05, 4.69) is 0 Å². The van der Waals surface area contributed by atoms with Crippen molar-refractivity contribution in [1.82, 2.24) is 0 Å². The first-order valence-electron chi connectivity index (χ1n) is 1.10. The van der Waals surface area contributed by atoms with Crippen LogP contribution in [-0.2, 0) is 11.1 Å². The molecule has 0 aromatic rings. The second-order valence-electron chi connectivity index (χ2n) is 0.680. The number of halogens is 3. The summed E-state index contributed by atoms with van der Waals surface area (Å²) in [6.07, 6.45) is 0. The molecule has 8 heavy (non-hydrogen) atoms. The number of hydrogen-bond acceptors (Lipinski definition) is 2. The minimum Gasteiger partial charge on any atom is -1.00 e. The van der Waals surface area contributed by atoms with Gasteiger partial charge in [0.2, 0.25) is 0 Å². The molecule has 0 aromatic heterocycles. The van der Waals surface area contributed by atoms with E-state index in [4.69, 9.17) is 8.76 Å². The zero-order valence-corrected chi connectivity index (χ0v) is 6.68. The summed E-state index contributed by atoms with van der Waals surface area (Å²) in [4.78, 5) is 0. The van der Waals surface area contributed by atoms with Crippen molar-refractivity contribution in [3.05, 3.63) is 0 Å². The van der Waals surface area contributed by atoms with E-state index in [1.165, 1.54) is 0 Å². The minimum absolute atomic E-state index is 0. The topological polar surface area (TPSA) is 40.1 Å². The van der Waals surface area contributed by atoms with Gasteiger partial charge in [0.25, 0.3) is 0 Å². The van der Waals surface area contributed by atoms with E-state index in [9.17, 15) is 13.2 Å². The molecule has 0 aromatic carbocycles. The van der Waals surface area contributed by atoms with Crippen molar-refractivity contribution in [3.63, 3.8) is 0 Å². The van der Waals surface area contributed by atoms with Gasteiger partial charge in [0.15, 0.2) is 0 Å². The molecule has 0 saturated heterocycles. The van der Waals surface area contributed by atoms with Gasteiger partial charge in [-0.15, -0.1) is 0 Å². The molecule has 0 heterocycles. The summed E-state index contributed by atoms with van der Waals surface area (Å²) in [5.41, 5.74) is -5.08. The van der Waals surface area contributed by atoms with E-state index in [0.29, 0.717) is 0 Å². The number of alkyl halides is 3. The van der Waals surface area contributed by atoms with Gasteiger partial charge in [-0.05, 0) is 0 Å². The molecule has 2 nitrogen and oxygen atoms in total. The summed E-state index contributed by atoms with van der Waals surface area (Å²) in [6.45, 7) is 0. The van der Waals surface area contributed by atoms with Gasteiger partial charge in [-0.3, -0.25) is 4.21 Å². The first-order valence-corrected chi connectivity index (χ1v) is 2.18. The predicted molar refractivity (Wildman–Crippen MR) is 16.1 cm³/mol. The molecule has 0 saturated carbocycles. The van der Waals surface area contributed by atoms with Crippen LogP contribution in [0.3, 0.4) is 0 Å². The van der Waals surface area contributed by atoms with Gasteiger partial charge in [0.05, 0.1) is 11.1 Å². The Hall–Kier alpha value is 0.900. The molecule has 0 aliphatic carbocycles. The second kappa shape index (κ2) is 3.84. The number of hydrogen-bond donors (Lipinski definition) is 0. The van der Waals surface area contributed by atoms with Gasteiger partial charge in [-0.1, -0.05) is 0 Å². The average molecular weight is 157 g/mol. The Morgan fingerprint density at radius 2 is 1.62 bits per heavy atom. The van der Waals surface area contributed by atoms with E-state index in [1.54, 1.807) is 0 Å². The fraction of sp³-hybridized carbons (Fsp3) is 1.00. The van der Waals surface area contributed by atoms with Gasteiger partial charge in [-0.25, -0.2) is 0 Å². The Bertz CT molecular complexity index is 94.3. The fourth-order valence-corrected chi connectivity index (χ4v) is 0. The van der Waals surface area contributed by atoms with Crippen molar-refractivity contribution in [2.75, 3.05) is 0 Å². The summed E-state index contributed by atoms with van der Waals surface area (Å²) in [5.74, 6) is 0. The third kappa shape index (κ3) is 5.04. The molecular weight excluding hydrogens is 156 g/mol. The summed E-state index contributed by atoms with van der Waals surface area (Å²) in [7, 11) is 0. The van der Waals surface area contributed by atoms with Crippen molar-refractivity contribution < 1.29 is 52.9 Å². The predicted octanol–water partition coefficient (Wildman–Crippen LogP) is -2.50. The van der Waals surface area contributed by atoms with Crippen LogP contribution in [0, 0.1) is 0 Å². The quantitative estimate of drug-likeness (QED) is 0.288. The van der Waals surface area contributed by atoms with Crippen LogP contribution < -0.4 is 29.6 Å². The molecule has 0 aliphatic rings. The Labute approximate surface area is 69.5 Å². The summed E-state index contributed by atoms with van der Waals surface area (Å²) >= 11 is -3.93. The van der Waals surface area contributed by atoms with Crippen LogP contribution >= 0.6 is 0 Å². The van der Waals surface area contributed by atoms with E-state index >= 15 is 0 Å². The third-order valence-electron chi connectivity index (χ3n) is 0.189. The molecule has 0 radical (unpaired) electrons. The molecule has 1 atom stereocenters. The molecule has 0 fully saturated rings. The zero-order chi connectivity index (χ0) is 6.08. The zero-order valence-electron chi connectivity index (χ0n) is 4.86. The Kier molecular flexibility index (Phi) is 5.60. The molecule has 1 unspecified atom stereocenters. The Balaban J connectivity index is -0.000000180. The van der Waals surface area contributed by atoms with Crippen molar-refractivity contribution in [2.45, 2.75) is 5.51 Å². The maximum Gasteiger partial charge on any atom is 1.00 e. The van der Waals surface area contributed by atoms with E-state index in [0.717, 1.165) is 0 Å². The van der Waals surface area contributed by atoms with Gasteiger partial charge in [0, 0.05) is 0 Å². The molecule has 0 amide bonds. The van der Waals surface area contributed by atoms with Crippen molar-refractivity contribution in [1.29, 1.82) is 0 Å². The van der Waals surface area contributed by atoms with Crippen LogP contribution in [-0.4, -0.2) is 14.3 Å². The monoisotopic (exact) mass is 157 g/mol. The molecule has 0 spiro atoms. The second-order valence-corrected chi connectivity index (χ2v) is 1.61.